The summed E-state index contributed by atoms with van der Waals surface area (Å²) >= 11 is 5.94. The van der Waals surface area contributed by atoms with Gasteiger partial charge in [0.1, 0.15) is 5.82 Å². The van der Waals surface area contributed by atoms with Crippen LogP contribution in [0.25, 0.3) is 11.5 Å². The van der Waals surface area contributed by atoms with Gasteiger partial charge in [-0.05, 0) is 74.7 Å². The van der Waals surface area contributed by atoms with Crippen molar-refractivity contribution in [2.75, 3.05) is 13.1 Å². The number of hydrogen-bond donors (Lipinski definition) is 1. The van der Waals surface area contributed by atoms with E-state index in [0.29, 0.717) is 33.6 Å². The molecular weight excluding hydrogens is 511 g/mol. The maximum Gasteiger partial charge on any atom is 0.434 e. The first-order chi connectivity index (χ1) is 18.3. The van der Waals surface area contributed by atoms with E-state index in [9.17, 15) is 9.18 Å². The number of halogens is 2. The van der Waals surface area contributed by atoms with E-state index in [-0.39, 0.29) is 5.89 Å². The van der Waals surface area contributed by atoms with Gasteiger partial charge < -0.3 is 13.9 Å². The molecule has 38 heavy (non-hydrogen) atoms. The fourth-order valence-electron chi connectivity index (χ4n) is 5.29. The summed E-state index contributed by atoms with van der Waals surface area (Å²) in [6.45, 7) is 6.25. The largest absolute Gasteiger partial charge is 0.444 e. The molecule has 0 spiro atoms. The Hall–Kier alpha value is -3.69. The van der Waals surface area contributed by atoms with Crippen LogP contribution in [0.5, 0.6) is 11.5 Å². The molecular formula is C28H26ClFN4O4. The summed E-state index contributed by atoms with van der Waals surface area (Å²) in [6, 6.07) is 12.3. The minimum Gasteiger partial charge on any atom is -0.444 e. The van der Waals surface area contributed by atoms with Crippen LogP contribution in [-0.4, -0.2) is 33.2 Å². The highest BCUT2D eigenvalue weighted by atomic mass is 35.5. The third kappa shape index (κ3) is 4.56. The molecule has 1 unspecified atom stereocenters. The lowest BCUT2D eigenvalue weighted by atomic mass is 9.88. The number of pyridine rings is 1. The highest BCUT2D eigenvalue weighted by Gasteiger charge is 2.42. The third-order valence-electron chi connectivity index (χ3n) is 7.30. The van der Waals surface area contributed by atoms with Crippen LogP contribution in [-0.2, 0) is 12.3 Å². The molecule has 0 radical (unpaired) electrons. The number of ether oxygens (including phenoxy) is 2. The summed E-state index contributed by atoms with van der Waals surface area (Å²) in [5.41, 5.74) is 4.04. The molecule has 0 saturated carbocycles. The number of benzene rings is 2. The number of likely N-dealkylation sites (tertiary alicyclic amines) is 1. The van der Waals surface area contributed by atoms with Crippen molar-refractivity contribution in [1.29, 1.82) is 0 Å². The van der Waals surface area contributed by atoms with E-state index in [1.807, 2.05) is 25.1 Å². The van der Waals surface area contributed by atoms with E-state index in [0.717, 1.165) is 49.3 Å². The maximum absolute atomic E-state index is 14.7. The normalized spacial score (nSPS) is 19.7. The molecule has 1 atom stereocenters. The molecule has 1 fully saturated rings. The molecule has 6 rings (SSSR count). The predicted octanol–water partition coefficient (Wildman–Crippen LogP) is 5.55. The monoisotopic (exact) mass is 536 g/mol. The molecule has 2 aliphatic rings. The van der Waals surface area contributed by atoms with Crippen LogP contribution < -0.4 is 15.2 Å². The van der Waals surface area contributed by atoms with E-state index in [1.54, 1.807) is 25.3 Å². The number of aromatic amines is 1. The molecule has 0 amide bonds. The van der Waals surface area contributed by atoms with Gasteiger partial charge in [-0.15, -0.1) is 5.10 Å². The molecule has 2 aromatic carbocycles. The average molecular weight is 537 g/mol. The SMILES string of the molecule is Cc1cc(-c2n[nH]c(=O)o2)cnc1CN1CCC(c2cccc3c2OC(C)(c2ccc(Cl)cc2F)O3)CC1. The van der Waals surface area contributed by atoms with Crippen molar-refractivity contribution in [2.45, 2.75) is 44.9 Å². The summed E-state index contributed by atoms with van der Waals surface area (Å²) in [7, 11) is 0. The molecule has 4 aromatic rings. The number of aromatic nitrogens is 3. The van der Waals surface area contributed by atoms with Crippen molar-refractivity contribution in [3.8, 4) is 23.0 Å². The van der Waals surface area contributed by atoms with Gasteiger partial charge >= 0.3 is 5.76 Å². The molecule has 8 nitrogen and oxygen atoms in total. The lowest BCUT2D eigenvalue weighted by Crippen LogP contribution is -2.34. The zero-order chi connectivity index (χ0) is 26.4. The Morgan fingerprint density at radius 1 is 1.18 bits per heavy atom. The maximum atomic E-state index is 14.7. The number of rotatable bonds is 5. The standard InChI is InChI=1S/C28H26ClFN4O4/c1-16-12-18(26-32-33-27(35)36-26)14-31-23(16)15-34-10-8-17(9-11-34)20-4-3-5-24-25(20)38-28(2,37-24)21-7-6-19(29)13-22(21)30/h3-7,12-14,17H,8-11,15H2,1-2H3,(H,33,35). The van der Waals surface area contributed by atoms with Gasteiger partial charge in [-0.1, -0.05) is 23.7 Å². The third-order valence-corrected chi connectivity index (χ3v) is 7.54. The predicted molar refractivity (Wildman–Crippen MR) is 139 cm³/mol. The van der Waals surface area contributed by atoms with E-state index in [1.165, 1.54) is 6.07 Å². The van der Waals surface area contributed by atoms with Crippen LogP contribution in [0.1, 0.15) is 48.1 Å². The van der Waals surface area contributed by atoms with Gasteiger partial charge in [0, 0.05) is 30.3 Å². The molecule has 0 bridgehead atoms. The van der Waals surface area contributed by atoms with Crippen LogP contribution in [0.2, 0.25) is 5.02 Å². The Bertz CT molecular complexity index is 1560. The van der Waals surface area contributed by atoms with Crippen molar-refractivity contribution in [3.05, 3.63) is 92.4 Å². The van der Waals surface area contributed by atoms with E-state index >= 15 is 0 Å². The number of aryl methyl sites for hydroxylation is 1. The average Bonchev–Trinajstić information content (AvgIpc) is 3.48. The van der Waals surface area contributed by atoms with Crippen LogP contribution >= 0.6 is 11.6 Å². The summed E-state index contributed by atoms with van der Waals surface area (Å²) < 4.78 is 32.2. The fourth-order valence-corrected chi connectivity index (χ4v) is 5.45. The van der Waals surface area contributed by atoms with Crippen molar-refractivity contribution >= 4 is 11.6 Å². The second-order valence-electron chi connectivity index (χ2n) is 9.90. The topological polar surface area (TPSA) is 93.5 Å². The Morgan fingerprint density at radius 2 is 2.00 bits per heavy atom. The van der Waals surface area contributed by atoms with Crippen molar-refractivity contribution in [3.63, 3.8) is 0 Å². The fraction of sp³-hybridized carbons (Fsp3) is 0.321. The molecule has 2 aromatic heterocycles. The van der Waals surface area contributed by atoms with Crippen LogP contribution in [0.4, 0.5) is 4.39 Å². The number of nitrogens with zero attached hydrogens (tertiary/aromatic N) is 3. The summed E-state index contributed by atoms with van der Waals surface area (Å²) in [5.74, 6) is -0.492. The van der Waals surface area contributed by atoms with Gasteiger partial charge in [0.15, 0.2) is 11.5 Å². The Morgan fingerprint density at radius 3 is 2.71 bits per heavy atom. The molecule has 196 valence electrons. The van der Waals surface area contributed by atoms with Crippen molar-refractivity contribution < 1.29 is 18.3 Å². The van der Waals surface area contributed by atoms with Gasteiger partial charge in [0.2, 0.25) is 0 Å². The highest BCUT2D eigenvalue weighted by molar-refractivity contribution is 6.30. The van der Waals surface area contributed by atoms with Gasteiger partial charge in [-0.2, -0.15) is 0 Å². The number of hydrogen-bond acceptors (Lipinski definition) is 7. The first-order valence-electron chi connectivity index (χ1n) is 12.5. The van der Waals surface area contributed by atoms with Gasteiger partial charge in [-0.25, -0.2) is 14.3 Å². The summed E-state index contributed by atoms with van der Waals surface area (Å²) in [5, 5.41) is 6.47. The van der Waals surface area contributed by atoms with Gasteiger partial charge in [0.05, 0.1) is 16.8 Å². The Kier molecular flexibility index (Phi) is 6.20. The Labute approximate surface area is 223 Å². The van der Waals surface area contributed by atoms with Gasteiger partial charge in [-0.3, -0.25) is 9.88 Å². The van der Waals surface area contributed by atoms with E-state index < -0.39 is 17.4 Å². The van der Waals surface area contributed by atoms with Crippen molar-refractivity contribution in [1.82, 2.24) is 20.1 Å². The van der Waals surface area contributed by atoms with E-state index in [4.69, 9.17) is 25.5 Å². The molecule has 1 saturated heterocycles. The second kappa shape index (κ2) is 9.56. The smallest absolute Gasteiger partial charge is 0.434 e. The highest BCUT2D eigenvalue weighted by Crippen LogP contribution is 2.49. The number of fused-ring (bicyclic) bond motifs is 1. The molecule has 1 N–H and O–H groups in total. The molecule has 10 heteroatoms. The first kappa shape index (κ1) is 24.6. The number of para-hydroxylation sites is 1. The molecule has 0 aliphatic carbocycles. The molecule has 4 heterocycles. The number of piperidine rings is 1. The zero-order valence-corrected chi connectivity index (χ0v) is 21.7. The number of H-pyrrole nitrogens is 1. The lowest BCUT2D eigenvalue weighted by Gasteiger charge is -2.32. The van der Waals surface area contributed by atoms with Crippen LogP contribution in [0, 0.1) is 12.7 Å². The van der Waals surface area contributed by atoms with Crippen molar-refractivity contribution in [2.24, 2.45) is 0 Å². The quantitative estimate of drug-likeness (QED) is 0.357. The van der Waals surface area contributed by atoms with E-state index in [2.05, 4.69) is 26.1 Å². The number of nitrogens with one attached hydrogen (secondary N) is 1. The minimum absolute atomic E-state index is 0.231. The summed E-state index contributed by atoms with van der Waals surface area (Å²) in [6.07, 6.45) is 3.57. The lowest BCUT2D eigenvalue weighted by molar-refractivity contribution is -0.0712. The van der Waals surface area contributed by atoms with Crippen LogP contribution in [0.3, 0.4) is 0 Å². The minimum atomic E-state index is -1.26. The Balaban J connectivity index is 1.14. The first-order valence-corrected chi connectivity index (χ1v) is 12.9. The zero-order valence-electron chi connectivity index (χ0n) is 21.0. The van der Waals surface area contributed by atoms with Crippen LogP contribution in [0.15, 0.2) is 57.9 Å². The molecule has 2 aliphatic heterocycles. The summed E-state index contributed by atoms with van der Waals surface area (Å²) in [4.78, 5) is 18.2. The van der Waals surface area contributed by atoms with Gasteiger partial charge in [0.25, 0.3) is 11.7 Å². The second-order valence-corrected chi connectivity index (χ2v) is 10.3.